The molecule has 0 bridgehead atoms. The lowest BCUT2D eigenvalue weighted by atomic mass is 9.98. The van der Waals surface area contributed by atoms with Crippen LogP contribution in [0, 0.1) is 0 Å². The van der Waals surface area contributed by atoms with E-state index >= 15 is 0 Å². The largest absolute Gasteiger partial charge is 0.292 e. The minimum Gasteiger partial charge on any atom is -0.292 e. The number of hydrogen-bond donors (Lipinski definition) is 0. The molecule has 0 amide bonds. The molecule has 234 valence electrons. The molecule has 50 heavy (non-hydrogen) atoms. The fraction of sp³-hybridized carbons (Fsp3) is 0. The molecule has 4 heteroatoms. The Labute approximate surface area is 289 Å². The molecule has 0 aliphatic heterocycles. The van der Waals surface area contributed by atoms with Gasteiger partial charge in [-0.25, -0.2) is 9.97 Å². The fourth-order valence-electron chi connectivity index (χ4n) is 7.40. The molecule has 0 atom stereocenters. The van der Waals surface area contributed by atoms with E-state index in [9.17, 15) is 0 Å². The highest BCUT2D eigenvalue weighted by Crippen LogP contribution is 2.40. The van der Waals surface area contributed by atoms with Gasteiger partial charge in [0.1, 0.15) is 11.5 Å². The number of benzene rings is 7. The Kier molecular flexibility index (Phi) is 6.46. The van der Waals surface area contributed by atoms with Crippen molar-refractivity contribution >= 4 is 38.4 Å². The number of aromatic nitrogens is 4. The molecule has 0 saturated carbocycles. The Morgan fingerprint density at radius 1 is 0.380 bits per heavy atom. The third-order valence-corrected chi connectivity index (χ3v) is 9.72. The summed E-state index contributed by atoms with van der Waals surface area (Å²) < 4.78 is 4.60. The molecule has 0 fully saturated rings. The second-order valence-corrected chi connectivity index (χ2v) is 12.7. The molecule has 4 nitrogen and oxygen atoms in total. The van der Waals surface area contributed by atoms with Gasteiger partial charge < -0.3 is 0 Å². The number of imidazole rings is 2. The van der Waals surface area contributed by atoms with E-state index in [1.807, 2.05) is 0 Å². The molecule has 0 N–H and O–H groups in total. The van der Waals surface area contributed by atoms with Gasteiger partial charge in [-0.1, -0.05) is 140 Å². The lowest BCUT2D eigenvalue weighted by Gasteiger charge is -2.14. The van der Waals surface area contributed by atoms with Crippen molar-refractivity contribution in [2.45, 2.75) is 0 Å². The van der Waals surface area contributed by atoms with Crippen LogP contribution in [0.4, 0.5) is 0 Å². The zero-order valence-corrected chi connectivity index (χ0v) is 27.1. The van der Waals surface area contributed by atoms with Gasteiger partial charge in [-0.2, -0.15) is 0 Å². The number of rotatable bonds is 5. The van der Waals surface area contributed by atoms with Crippen molar-refractivity contribution in [1.82, 2.24) is 18.9 Å². The van der Waals surface area contributed by atoms with Crippen LogP contribution >= 0.6 is 0 Å². The highest BCUT2D eigenvalue weighted by atomic mass is 15.1. The van der Waals surface area contributed by atoms with E-state index in [4.69, 9.17) is 9.97 Å². The van der Waals surface area contributed by atoms with Gasteiger partial charge in [0.2, 0.25) is 0 Å². The summed E-state index contributed by atoms with van der Waals surface area (Å²) in [5, 5.41) is 3.56. The molecule has 7 aromatic carbocycles. The third kappa shape index (κ3) is 4.46. The van der Waals surface area contributed by atoms with Crippen LogP contribution in [0.25, 0.3) is 89.1 Å². The second-order valence-electron chi connectivity index (χ2n) is 12.7. The Morgan fingerprint density at radius 2 is 0.980 bits per heavy atom. The lowest BCUT2D eigenvalue weighted by molar-refractivity contribution is 1.07. The zero-order chi connectivity index (χ0) is 33.0. The molecule has 3 aromatic heterocycles. The molecule has 10 rings (SSSR count). The normalized spacial score (nSPS) is 11.6. The molecule has 3 heterocycles. The maximum atomic E-state index is 5.38. The summed E-state index contributed by atoms with van der Waals surface area (Å²) in [7, 11) is 0. The van der Waals surface area contributed by atoms with Gasteiger partial charge in [0.25, 0.3) is 0 Å². The topological polar surface area (TPSA) is 35.1 Å². The Bertz CT molecular complexity index is 2830. The van der Waals surface area contributed by atoms with Gasteiger partial charge in [-0.3, -0.25) is 8.97 Å². The number of para-hydroxylation sites is 4. The van der Waals surface area contributed by atoms with E-state index in [2.05, 4.69) is 191 Å². The van der Waals surface area contributed by atoms with Crippen molar-refractivity contribution in [2.24, 2.45) is 0 Å². The molecular weight excluding hydrogens is 609 g/mol. The van der Waals surface area contributed by atoms with Crippen molar-refractivity contribution in [3.8, 4) is 50.7 Å². The van der Waals surface area contributed by atoms with Gasteiger partial charge in [0.05, 0.1) is 27.9 Å². The minimum atomic E-state index is 0.902. The maximum absolute atomic E-state index is 5.38. The van der Waals surface area contributed by atoms with Crippen LogP contribution in [0.5, 0.6) is 0 Å². The van der Waals surface area contributed by atoms with E-state index in [1.54, 1.807) is 0 Å². The summed E-state index contributed by atoms with van der Waals surface area (Å²) >= 11 is 0. The Morgan fingerprint density at radius 3 is 1.74 bits per heavy atom. The molecule has 0 radical (unpaired) electrons. The van der Waals surface area contributed by atoms with E-state index < -0.39 is 0 Å². The van der Waals surface area contributed by atoms with Crippen LogP contribution in [0.1, 0.15) is 0 Å². The second kappa shape index (κ2) is 11.4. The SMILES string of the molecule is c1ccc(-c2nc(-c3ccc(-c4ccc5c(c4)c4ccccc4n4c6ccccc6nc54)cc3)n(-c3ccccc3)c2-c2ccccc2)cc1. The summed E-state index contributed by atoms with van der Waals surface area (Å²) in [5.74, 6) is 0.902. The van der Waals surface area contributed by atoms with Crippen LogP contribution < -0.4 is 0 Å². The van der Waals surface area contributed by atoms with Crippen molar-refractivity contribution < 1.29 is 0 Å². The molecule has 10 aromatic rings. The first-order valence-corrected chi connectivity index (χ1v) is 16.9. The molecular formula is C46H30N4. The van der Waals surface area contributed by atoms with Crippen LogP contribution in [-0.2, 0) is 0 Å². The lowest BCUT2D eigenvalue weighted by Crippen LogP contribution is -2.00. The molecule has 0 spiro atoms. The molecule has 0 aliphatic carbocycles. The summed E-state index contributed by atoms with van der Waals surface area (Å²) in [6.07, 6.45) is 0. The van der Waals surface area contributed by atoms with Gasteiger partial charge in [-0.05, 0) is 59.0 Å². The Balaban J connectivity index is 1.14. The average molecular weight is 639 g/mol. The summed E-state index contributed by atoms with van der Waals surface area (Å²) in [6.45, 7) is 0. The first-order valence-electron chi connectivity index (χ1n) is 16.9. The first-order chi connectivity index (χ1) is 24.8. The monoisotopic (exact) mass is 638 g/mol. The van der Waals surface area contributed by atoms with Crippen LogP contribution in [0.15, 0.2) is 182 Å². The van der Waals surface area contributed by atoms with E-state index in [0.29, 0.717) is 0 Å². The first kappa shape index (κ1) is 28.3. The van der Waals surface area contributed by atoms with Crippen molar-refractivity contribution in [3.63, 3.8) is 0 Å². The fourth-order valence-corrected chi connectivity index (χ4v) is 7.40. The molecule has 0 unspecified atom stereocenters. The van der Waals surface area contributed by atoms with E-state index in [0.717, 1.165) is 78.3 Å². The standard InChI is InChI=1S/C46H30N4/c1-4-14-32(15-5-1)43-44(33-16-6-2-7-17-33)49(36-18-8-3-9-19-36)45(48-43)34-26-24-31(25-27-34)35-28-29-38-39(30-35)37-20-10-12-22-41(37)50-42-23-13-11-21-40(42)47-46(38)50/h1-30H. The van der Waals surface area contributed by atoms with Gasteiger partial charge in [0, 0.05) is 33.2 Å². The minimum absolute atomic E-state index is 0.902. The van der Waals surface area contributed by atoms with Gasteiger partial charge >= 0.3 is 0 Å². The number of nitrogens with zero attached hydrogens (tertiary/aromatic N) is 4. The molecule has 0 saturated heterocycles. The predicted octanol–water partition coefficient (Wildman–Crippen LogP) is 11.6. The van der Waals surface area contributed by atoms with Crippen molar-refractivity contribution in [1.29, 1.82) is 0 Å². The molecule has 0 aliphatic rings. The average Bonchev–Trinajstić information content (AvgIpc) is 3.79. The van der Waals surface area contributed by atoms with Crippen molar-refractivity contribution in [3.05, 3.63) is 182 Å². The van der Waals surface area contributed by atoms with Gasteiger partial charge in [-0.15, -0.1) is 0 Å². The highest BCUT2D eigenvalue weighted by Gasteiger charge is 2.22. The number of hydrogen-bond acceptors (Lipinski definition) is 2. The van der Waals surface area contributed by atoms with Crippen molar-refractivity contribution in [2.75, 3.05) is 0 Å². The number of pyridine rings is 1. The van der Waals surface area contributed by atoms with Crippen LogP contribution in [0.3, 0.4) is 0 Å². The van der Waals surface area contributed by atoms with Gasteiger partial charge in [0.15, 0.2) is 0 Å². The summed E-state index contributed by atoms with van der Waals surface area (Å²) in [5.41, 5.74) is 12.9. The quantitative estimate of drug-likeness (QED) is 0.176. The smallest absolute Gasteiger partial charge is 0.146 e. The van der Waals surface area contributed by atoms with E-state index in [-0.39, 0.29) is 0 Å². The predicted molar refractivity (Wildman–Crippen MR) is 207 cm³/mol. The third-order valence-electron chi connectivity index (χ3n) is 9.72. The highest BCUT2D eigenvalue weighted by molar-refractivity contribution is 6.14. The van der Waals surface area contributed by atoms with Crippen LogP contribution in [-0.4, -0.2) is 18.9 Å². The van der Waals surface area contributed by atoms with E-state index in [1.165, 1.54) is 10.8 Å². The summed E-state index contributed by atoms with van der Waals surface area (Å²) in [6, 6.07) is 64.2. The summed E-state index contributed by atoms with van der Waals surface area (Å²) in [4.78, 5) is 10.5. The Hall–Kier alpha value is -6.78. The zero-order valence-electron chi connectivity index (χ0n) is 27.1. The number of fused-ring (bicyclic) bond motifs is 8. The maximum Gasteiger partial charge on any atom is 0.146 e. The van der Waals surface area contributed by atoms with Crippen LogP contribution in [0.2, 0.25) is 0 Å².